The highest BCUT2D eigenvalue weighted by molar-refractivity contribution is 6.31. The maximum atomic E-state index is 10.2. The zero-order valence-electron chi connectivity index (χ0n) is 16.0. The fraction of sp³-hybridized carbons (Fsp3) is 0.455. The second-order valence-corrected chi connectivity index (χ2v) is 7.71. The van der Waals surface area contributed by atoms with Crippen LogP contribution in [0, 0.1) is 0 Å². The fourth-order valence-electron chi connectivity index (χ4n) is 3.64. The third kappa shape index (κ3) is 4.85. The molecule has 0 aromatic heterocycles. The van der Waals surface area contributed by atoms with Gasteiger partial charge in [0.25, 0.3) is 0 Å². The summed E-state index contributed by atoms with van der Waals surface area (Å²) in [4.78, 5) is 0. The number of halogens is 1. The molecule has 0 radical (unpaired) electrons. The summed E-state index contributed by atoms with van der Waals surface area (Å²) < 4.78 is 11.5. The number of aliphatic hydroxyl groups excluding tert-OH is 3. The van der Waals surface area contributed by atoms with E-state index in [0.29, 0.717) is 24.5 Å². The minimum absolute atomic E-state index is 0.211. The minimum atomic E-state index is -1.13. The molecule has 2 aromatic carbocycles. The molecule has 1 saturated heterocycles. The topological polar surface area (TPSA) is 79.2 Å². The van der Waals surface area contributed by atoms with Crippen LogP contribution in [0.4, 0.5) is 0 Å². The molecular formula is C22H27ClO5. The molecule has 0 aliphatic carbocycles. The van der Waals surface area contributed by atoms with Crippen LogP contribution in [0.3, 0.4) is 0 Å². The van der Waals surface area contributed by atoms with Gasteiger partial charge in [0, 0.05) is 17.9 Å². The molecular weight excluding hydrogens is 380 g/mol. The molecule has 1 aliphatic rings. The lowest BCUT2D eigenvalue weighted by Gasteiger charge is -2.41. The molecule has 3 rings (SSSR count). The van der Waals surface area contributed by atoms with Crippen molar-refractivity contribution in [1.29, 1.82) is 0 Å². The summed E-state index contributed by atoms with van der Waals surface area (Å²) in [6.45, 7) is 1.89. The zero-order valence-corrected chi connectivity index (χ0v) is 16.7. The lowest BCUT2D eigenvalue weighted by Crippen LogP contribution is -2.48. The molecule has 0 unspecified atom stereocenters. The normalized spacial score (nSPS) is 21.5. The van der Waals surface area contributed by atoms with E-state index in [0.717, 1.165) is 22.4 Å². The van der Waals surface area contributed by atoms with Gasteiger partial charge in [-0.05, 0) is 48.2 Å². The monoisotopic (exact) mass is 406 g/mol. The minimum Gasteiger partial charge on any atom is -0.494 e. The van der Waals surface area contributed by atoms with Crippen LogP contribution in [0.5, 0.6) is 5.75 Å². The first-order valence-electron chi connectivity index (χ1n) is 9.56. The van der Waals surface area contributed by atoms with Gasteiger partial charge in [-0.1, -0.05) is 35.9 Å². The predicted octanol–water partition coefficient (Wildman–Crippen LogP) is 3.27. The third-order valence-corrected chi connectivity index (χ3v) is 5.50. The molecule has 1 aliphatic heterocycles. The second-order valence-electron chi connectivity index (χ2n) is 7.30. The van der Waals surface area contributed by atoms with Gasteiger partial charge in [0.1, 0.15) is 11.4 Å². The van der Waals surface area contributed by atoms with Crippen molar-refractivity contribution in [3.8, 4) is 5.75 Å². The molecule has 28 heavy (non-hydrogen) atoms. The maximum absolute atomic E-state index is 10.2. The molecule has 5 nitrogen and oxygen atoms in total. The molecule has 2 aromatic rings. The Labute approximate surface area is 170 Å². The van der Waals surface area contributed by atoms with Crippen molar-refractivity contribution in [2.75, 3.05) is 19.8 Å². The molecule has 6 heteroatoms. The first kappa shape index (κ1) is 21.1. The van der Waals surface area contributed by atoms with Crippen molar-refractivity contribution >= 4 is 11.6 Å². The van der Waals surface area contributed by atoms with Gasteiger partial charge in [-0.15, -0.1) is 0 Å². The number of aliphatic hydroxyl groups is 3. The summed E-state index contributed by atoms with van der Waals surface area (Å²) >= 11 is 6.41. The van der Waals surface area contributed by atoms with Crippen LogP contribution < -0.4 is 4.74 Å². The molecule has 0 amide bonds. The van der Waals surface area contributed by atoms with Crippen molar-refractivity contribution in [3.05, 3.63) is 64.2 Å². The smallest absolute Gasteiger partial charge is 0.119 e. The van der Waals surface area contributed by atoms with Crippen LogP contribution in [0.25, 0.3) is 0 Å². The Morgan fingerprint density at radius 3 is 2.50 bits per heavy atom. The Balaban J connectivity index is 1.80. The van der Waals surface area contributed by atoms with Crippen LogP contribution in [-0.2, 0) is 11.2 Å². The standard InChI is InChI=1S/C22H27ClO5/c1-2-27-19-6-3-15(4-7-19)9-17-10-16(5-8-20(17)23)21-11-18(26)12-22(13-24,14-25)28-21/h3-8,10,18,21,24-26H,2,9,11-14H2,1H3/t18-,21-/m1/s1. The molecule has 0 bridgehead atoms. The van der Waals surface area contributed by atoms with E-state index in [9.17, 15) is 15.3 Å². The molecule has 1 fully saturated rings. The van der Waals surface area contributed by atoms with E-state index < -0.39 is 17.8 Å². The van der Waals surface area contributed by atoms with E-state index in [1.165, 1.54) is 0 Å². The van der Waals surface area contributed by atoms with Gasteiger partial charge in [-0.2, -0.15) is 0 Å². The second kappa shape index (κ2) is 9.25. The van der Waals surface area contributed by atoms with Gasteiger partial charge in [-0.25, -0.2) is 0 Å². The summed E-state index contributed by atoms with van der Waals surface area (Å²) in [6, 6.07) is 13.6. The first-order chi connectivity index (χ1) is 13.5. The predicted molar refractivity (Wildman–Crippen MR) is 108 cm³/mol. The van der Waals surface area contributed by atoms with Crippen molar-refractivity contribution < 1.29 is 24.8 Å². The van der Waals surface area contributed by atoms with E-state index in [2.05, 4.69) is 0 Å². The van der Waals surface area contributed by atoms with E-state index in [-0.39, 0.29) is 19.6 Å². The summed E-state index contributed by atoms with van der Waals surface area (Å²) in [7, 11) is 0. The average molecular weight is 407 g/mol. The van der Waals surface area contributed by atoms with Crippen molar-refractivity contribution in [2.45, 2.75) is 44.0 Å². The lowest BCUT2D eigenvalue weighted by atomic mass is 9.88. The maximum Gasteiger partial charge on any atom is 0.119 e. The van der Waals surface area contributed by atoms with Crippen LogP contribution >= 0.6 is 11.6 Å². The quantitative estimate of drug-likeness (QED) is 0.657. The SMILES string of the molecule is CCOc1ccc(Cc2cc([C@H]3C[C@@H](O)CC(CO)(CO)O3)ccc2Cl)cc1. The van der Waals surface area contributed by atoms with Crippen molar-refractivity contribution in [3.63, 3.8) is 0 Å². The number of ether oxygens (including phenoxy) is 2. The highest BCUT2D eigenvalue weighted by atomic mass is 35.5. The van der Waals surface area contributed by atoms with Crippen LogP contribution in [-0.4, -0.2) is 46.8 Å². The average Bonchev–Trinajstić information content (AvgIpc) is 2.70. The largest absolute Gasteiger partial charge is 0.494 e. The third-order valence-electron chi connectivity index (χ3n) is 5.13. The zero-order chi connectivity index (χ0) is 20.1. The summed E-state index contributed by atoms with van der Waals surface area (Å²) in [5.41, 5.74) is 1.80. The van der Waals surface area contributed by atoms with Crippen molar-refractivity contribution in [1.82, 2.24) is 0 Å². The Morgan fingerprint density at radius 1 is 1.14 bits per heavy atom. The fourth-order valence-corrected chi connectivity index (χ4v) is 3.82. The van der Waals surface area contributed by atoms with Gasteiger partial charge < -0.3 is 24.8 Å². The van der Waals surface area contributed by atoms with Crippen LogP contribution in [0.15, 0.2) is 42.5 Å². The van der Waals surface area contributed by atoms with Gasteiger partial charge in [-0.3, -0.25) is 0 Å². The summed E-state index contributed by atoms with van der Waals surface area (Å²) in [5.74, 6) is 0.833. The number of hydrogen-bond donors (Lipinski definition) is 3. The molecule has 152 valence electrons. The lowest BCUT2D eigenvalue weighted by molar-refractivity contribution is -0.198. The van der Waals surface area contributed by atoms with E-state index in [1.54, 1.807) is 0 Å². The number of hydrogen-bond acceptors (Lipinski definition) is 5. The van der Waals surface area contributed by atoms with Crippen molar-refractivity contribution in [2.24, 2.45) is 0 Å². The Kier molecular flexibility index (Phi) is 6.96. The van der Waals surface area contributed by atoms with E-state index >= 15 is 0 Å². The molecule has 1 heterocycles. The Hall–Kier alpha value is -1.63. The molecule has 2 atom stereocenters. The van der Waals surface area contributed by atoms with Crippen LogP contribution in [0.2, 0.25) is 5.02 Å². The Morgan fingerprint density at radius 2 is 1.86 bits per heavy atom. The van der Waals surface area contributed by atoms with Gasteiger partial charge >= 0.3 is 0 Å². The van der Waals surface area contributed by atoms with E-state index in [1.807, 2.05) is 49.4 Å². The molecule has 0 saturated carbocycles. The van der Waals surface area contributed by atoms with Gasteiger partial charge in [0.2, 0.25) is 0 Å². The summed E-state index contributed by atoms with van der Waals surface area (Å²) in [6.07, 6.45) is 0.205. The highest BCUT2D eigenvalue weighted by Crippen LogP contribution is 2.38. The molecule has 3 N–H and O–H groups in total. The van der Waals surface area contributed by atoms with Gasteiger partial charge in [0.15, 0.2) is 0 Å². The number of benzene rings is 2. The van der Waals surface area contributed by atoms with E-state index in [4.69, 9.17) is 21.1 Å². The van der Waals surface area contributed by atoms with Crippen LogP contribution in [0.1, 0.15) is 42.6 Å². The highest BCUT2D eigenvalue weighted by Gasteiger charge is 2.41. The van der Waals surface area contributed by atoms with Gasteiger partial charge in [0.05, 0.1) is 32.0 Å². The summed E-state index contributed by atoms with van der Waals surface area (Å²) in [5, 5.41) is 30.2. The Bertz CT molecular complexity index is 773. The molecule has 0 spiro atoms. The number of rotatable bonds is 7. The first-order valence-corrected chi connectivity index (χ1v) is 9.94.